The summed E-state index contributed by atoms with van der Waals surface area (Å²) < 4.78 is 11.4. The molecule has 0 unspecified atom stereocenters. The van der Waals surface area contributed by atoms with E-state index in [-0.39, 0.29) is 11.9 Å². The minimum absolute atomic E-state index is 0.0289. The Morgan fingerprint density at radius 1 is 1.04 bits per heavy atom. The number of ketones is 1. The lowest BCUT2D eigenvalue weighted by Gasteiger charge is -2.19. The van der Waals surface area contributed by atoms with Crippen molar-refractivity contribution in [2.75, 3.05) is 7.11 Å². The first-order valence-corrected chi connectivity index (χ1v) is 8.27. The Bertz CT molecular complexity index is 787. The second-order valence-electron chi connectivity index (χ2n) is 6.20. The zero-order chi connectivity index (χ0) is 17.1. The number of ether oxygens (including phenoxy) is 2. The van der Waals surface area contributed by atoms with Gasteiger partial charge in [-0.15, -0.1) is 0 Å². The van der Waals surface area contributed by atoms with Crippen molar-refractivity contribution in [3.05, 3.63) is 64.7 Å². The standard InChI is InChI=1S/C21H22O3/c1-14(2)24-21-17(8-6-10-19(21)23-3)13-16-12-11-15-7-4-5-9-18(15)20(16)22/h4-10,13-14H,11-12H2,1-3H3/b16-13+. The highest BCUT2D eigenvalue weighted by molar-refractivity contribution is 6.13. The van der Waals surface area contributed by atoms with Gasteiger partial charge in [0.2, 0.25) is 0 Å². The zero-order valence-electron chi connectivity index (χ0n) is 14.3. The normalized spacial score (nSPS) is 15.5. The Kier molecular flexibility index (Phi) is 4.70. The monoisotopic (exact) mass is 322 g/mol. The molecule has 124 valence electrons. The third kappa shape index (κ3) is 3.21. The average Bonchev–Trinajstić information content (AvgIpc) is 2.58. The molecular weight excluding hydrogens is 300 g/mol. The maximum Gasteiger partial charge on any atom is 0.189 e. The molecule has 0 spiro atoms. The Balaban J connectivity index is 2.02. The second kappa shape index (κ2) is 6.91. The first kappa shape index (κ1) is 16.3. The Hall–Kier alpha value is -2.55. The van der Waals surface area contributed by atoms with E-state index < -0.39 is 0 Å². The summed E-state index contributed by atoms with van der Waals surface area (Å²) in [5.74, 6) is 1.48. The zero-order valence-corrected chi connectivity index (χ0v) is 14.3. The summed E-state index contributed by atoms with van der Waals surface area (Å²) in [4.78, 5) is 12.8. The van der Waals surface area contributed by atoms with Crippen molar-refractivity contribution in [1.82, 2.24) is 0 Å². The van der Waals surface area contributed by atoms with Gasteiger partial charge in [0.05, 0.1) is 13.2 Å². The number of hydrogen-bond donors (Lipinski definition) is 0. The Morgan fingerprint density at radius 2 is 1.83 bits per heavy atom. The van der Waals surface area contributed by atoms with Crippen LogP contribution in [-0.2, 0) is 6.42 Å². The molecular formula is C21H22O3. The number of benzene rings is 2. The van der Waals surface area contributed by atoms with Gasteiger partial charge in [0.1, 0.15) is 0 Å². The van der Waals surface area contributed by atoms with E-state index >= 15 is 0 Å². The summed E-state index contributed by atoms with van der Waals surface area (Å²) in [6.07, 6.45) is 3.60. The highest BCUT2D eigenvalue weighted by Gasteiger charge is 2.22. The lowest BCUT2D eigenvalue weighted by atomic mass is 9.86. The van der Waals surface area contributed by atoms with Gasteiger partial charge in [-0.1, -0.05) is 36.4 Å². The van der Waals surface area contributed by atoms with Crippen LogP contribution in [0.5, 0.6) is 11.5 Å². The van der Waals surface area contributed by atoms with Gasteiger partial charge < -0.3 is 9.47 Å². The lowest BCUT2D eigenvalue weighted by Crippen LogP contribution is -2.14. The van der Waals surface area contributed by atoms with Crippen molar-refractivity contribution >= 4 is 11.9 Å². The molecule has 0 aromatic heterocycles. The molecule has 3 nitrogen and oxygen atoms in total. The molecule has 0 amide bonds. The average molecular weight is 322 g/mol. The highest BCUT2D eigenvalue weighted by Crippen LogP contribution is 2.35. The molecule has 0 heterocycles. The number of aryl methyl sites for hydroxylation is 1. The van der Waals surface area contributed by atoms with Crippen LogP contribution < -0.4 is 9.47 Å². The van der Waals surface area contributed by atoms with E-state index in [1.54, 1.807) is 7.11 Å². The fraction of sp³-hybridized carbons (Fsp3) is 0.286. The van der Waals surface area contributed by atoms with E-state index in [1.807, 2.05) is 62.4 Å². The molecule has 1 aliphatic carbocycles. The minimum atomic E-state index is 0.0289. The highest BCUT2D eigenvalue weighted by atomic mass is 16.5. The predicted octanol–water partition coefficient (Wildman–Crippen LogP) is 4.69. The van der Waals surface area contributed by atoms with Crippen LogP contribution in [0.2, 0.25) is 0 Å². The number of Topliss-reactive ketones (excluding diaryl/α,β-unsaturated/α-hetero) is 1. The smallest absolute Gasteiger partial charge is 0.189 e. The van der Waals surface area contributed by atoms with Crippen molar-refractivity contribution in [2.45, 2.75) is 32.8 Å². The second-order valence-corrected chi connectivity index (χ2v) is 6.20. The van der Waals surface area contributed by atoms with Crippen LogP contribution in [0.15, 0.2) is 48.0 Å². The molecule has 1 aliphatic rings. The van der Waals surface area contributed by atoms with E-state index in [0.29, 0.717) is 11.5 Å². The van der Waals surface area contributed by atoms with Crippen molar-refractivity contribution in [3.63, 3.8) is 0 Å². The summed E-state index contributed by atoms with van der Waals surface area (Å²) in [5.41, 5.74) is 3.63. The van der Waals surface area contributed by atoms with E-state index in [9.17, 15) is 4.79 Å². The van der Waals surface area contributed by atoms with Gasteiger partial charge in [0.25, 0.3) is 0 Å². The molecule has 3 rings (SSSR count). The van der Waals surface area contributed by atoms with Crippen molar-refractivity contribution in [1.29, 1.82) is 0 Å². The maximum absolute atomic E-state index is 12.8. The molecule has 0 N–H and O–H groups in total. The lowest BCUT2D eigenvalue weighted by molar-refractivity contribution is 0.102. The summed E-state index contributed by atoms with van der Waals surface area (Å²) >= 11 is 0. The van der Waals surface area contributed by atoms with Crippen LogP contribution in [-0.4, -0.2) is 19.0 Å². The van der Waals surface area contributed by atoms with E-state index in [0.717, 1.165) is 35.1 Å². The number of carbonyl (C=O) groups is 1. The van der Waals surface area contributed by atoms with Crippen LogP contribution in [0.25, 0.3) is 6.08 Å². The Morgan fingerprint density at radius 3 is 2.58 bits per heavy atom. The molecule has 0 atom stereocenters. The maximum atomic E-state index is 12.8. The minimum Gasteiger partial charge on any atom is -0.493 e. The molecule has 0 radical (unpaired) electrons. The molecule has 0 saturated carbocycles. The number of allylic oxidation sites excluding steroid dienone is 1. The molecule has 0 fully saturated rings. The summed E-state index contributed by atoms with van der Waals surface area (Å²) in [7, 11) is 1.63. The third-order valence-electron chi connectivity index (χ3n) is 4.13. The fourth-order valence-corrected chi connectivity index (χ4v) is 3.01. The molecule has 3 heteroatoms. The molecule has 0 bridgehead atoms. The van der Waals surface area contributed by atoms with Crippen molar-refractivity contribution in [2.24, 2.45) is 0 Å². The topological polar surface area (TPSA) is 35.5 Å². The molecule has 2 aromatic carbocycles. The largest absolute Gasteiger partial charge is 0.493 e. The van der Waals surface area contributed by atoms with Gasteiger partial charge in [-0.05, 0) is 44.4 Å². The third-order valence-corrected chi connectivity index (χ3v) is 4.13. The van der Waals surface area contributed by atoms with Crippen LogP contribution in [0, 0.1) is 0 Å². The van der Waals surface area contributed by atoms with Crippen LogP contribution in [0.3, 0.4) is 0 Å². The Labute approximate surface area is 142 Å². The van der Waals surface area contributed by atoms with Crippen LogP contribution in [0.4, 0.5) is 0 Å². The first-order chi connectivity index (χ1) is 11.6. The summed E-state index contributed by atoms with van der Waals surface area (Å²) in [5, 5.41) is 0. The number of carbonyl (C=O) groups excluding carboxylic acids is 1. The van der Waals surface area contributed by atoms with Gasteiger partial charge in [-0.25, -0.2) is 0 Å². The van der Waals surface area contributed by atoms with E-state index in [1.165, 1.54) is 0 Å². The number of rotatable bonds is 4. The SMILES string of the molecule is COc1cccc(/C=C2\CCc3ccccc3C2=O)c1OC(C)C. The number of para-hydroxylation sites is 1. The van der Waals surface area contributed by atoms with Gasteiger partial charge in [-0.3, -0.25) is 4.79 Å². The molecule has 0 aliphatic heterocycles. The summed E-state index contributed by atoms with van der Waals surface area (Å²) in [6, 6.07) is 13.6. The number of fused-ring (bicyclic) bond motifs is 1. The van der Waals surface area contributed by atoms with Gasteiger partial charge in [-0.2, -0.15) is 0 Å². The number of hydrogen-bond acceptors (Lipinski definition) is 3. The number of methoxy groups -OCH3 is 1. The van der Waals surface area contributed by atoms with Crippen LogP contribution >= 0.6 is 0 Å². The fourth-order valence-electron chi connectivity index (χ4n) is 3.01. The van der Waals surface area contributed by atoms with Gasteiger partial charge in [0.15, 0.2) is 17.3 Å². The van der Waals surface area contributed by atoms with Crippen molar-refractivity contribution < 1.29 is 14.3 Å². The molecule has 0 saturated heterocycles. The molecule has 2 aromatic rings. The van der Waals surface area contributed by atoms with Gasteiger partial charge >= 0.3 is 0 Å². The predicted molar refractivity (Wildman–Crippen MR) is 95.8 cm³/mol. The summed E-state index contributed by atoms with van der Waals surface area (Å²) in [6.45, 7) is 3.96. The first-order valence-electron chi connectivity index (χ1n) is 8.27. The van der Waals surface area contributed by atoms with Gasteiger partial charge in [0, 0.05) is 16.7 Å². The van der Waals surface area contributed by atoms with E-state index in [4.69, 9.17) is 9.47 Å². The quantitative estimate of drug-likeness (QED) is 0.766. The van der Waals surface area contributed by atoms with Crippen molar-refractivity contribution in [3.8, 4) is 11.5 Å². The van der Waals surface area contributed by atoms with E-state index in [2.05, 4.69) is 0 Å². The molecule has 24 heavy (non-hydrogen) atoms. The van der Waals surface area contributed by atoms with Crippen LogP contribution in [0.1, 0.15) is 41.8 Å².